The number of hydrogen-bond donors (Lipinski definition) is 1. The highest BCUT2D eigenvalue weighted by atomic mass is 32.2. The van der Waals surface area contributed by atoms with Crippen molar-refractivity contribution in [2.75, 3.05) is 5.32 Å². The molecule has 4 rings (SSSR count). The molecule has 0 aliphatic carbocycles. The lowest BCUT2D eigenvalue weighted by molar-refractivity contribution is -0.116. The number of halogens is 3. The Balaban J connectivity index is 1.65. The van der Waals surface area contributed by atoms with E-state index in [9.17, 15) is 26.4 Å². The predicted octanol–water partition coefficient (Wildman–Crippen LogP) is 4.67. The van der Waals surface area contributed by atoms with Crippen molar-refractivity contribution >= 4 is 32.3 Å². The maximum atomic E-state index is 13.8. The molecule has 0 atom stereocenters. The van der Waals surface area contributed by atoms with Crippen LogP contribution in [-0.2, 0) is 26.9 Å². The van der Waals surface area contributed by atoms with Gasteiger partial charge in [-0.05, 0) is 35.9 Å². The summed E-state index contributed by atoms with van der Waals surface area (Å²) in [4.78, 5) is 12.5. The van der Waals surface area contributed by atoms with Gasteiger partial charge in [-0.15, -0.1) is 0 Å². The Hall–Kier alpha value is -3.59. The minimum absolute atomic E-state index is 0.0119. The second-order valence-corrected chi connectivity index (χ2v) is 9.16. The molecule has 0 spiro atoms. The third kappa shape index (κ3) is 4.52. The highest BCUT2D eigenvalue weighted by molar-refractivity contribution is 7.90. The number of benzene rings is 3. The van der Waals surface area contributed by atoms with Crippen molar-refractivity contribution in [3.8, 4) is 0 Å². The summed E-state index contributed by atoms with van der Waals surface area (Å²) in [5.74, 6) is -3.13. The first-order chi connectivity index (χ1) is 15.2. The fourth-order valence-electron chi connectivity index (χ4n) is 3.45. The number of nitrogens with one attached hydrogen (secondary N) is 1. The van der Waals surface area contributed by atoms with E-state index in [1.54, 1.807) is 24.3 Å². The minimum Gasteiger partial charge on any atom is -0.337 e. The molecule has 0 bridgehead atoms. The van der Waals surface area contributed by atoms with Crippen molar-refractivity contribution in [1.29, 1.82) is 0 Å². The SMILES string of the molecule is O=C(Cn1cc(S(=O)(=O)Cc2cccc(F)c2)c2ccccc21)Nc1cc(F)ccc1F. The number of para-hydroxylation sites is 1. The fraction of sp³-hybridized carbons (Fsp3) is 0.0870. The molecule has 1 amide bonds. The summed E-state index contributed by atoms with van der Waals surface area (Å²) in [6, 6.07) is 14.6. The van der Waals surface area contributed by atoms with Crippen molar-refractivity contribution in [3.05, 3.63) is 95.9 Å². The number of anilines is 1. The molecule has 0 radical (unpaired) electrons. The van der Waals surface area contributed by atoms with Crippen LogP contribution in [0.4, 0.5) is 18.9 Å². The molecule has 3 aromatic carbocycles. The summed E-state index contributed by atoms with van der Waals surface area (Å²) in [5, 5.41) is 2.69. The Morgan fingerprint density at radius 2 is 1.66 bits per heavy atom. The number of sulfone groups is 1. The topological polar surface area (TPSA) is 68.2 Å². The molecule has 0 aliphatic heterocycles. The van der Waals surface area contributed by atoms with E-state index in [0.717, 1.165) is 24.3 Å². The van der Waals surface area contributed by atoms with Gasteiger partial charge in [0.05, 0.1) is 16.3 Å². The lowest BCUT2D eigenvalue weighted by atomic mass is 10.2. The molecular formula is C23H17F3N2O3S. The Morgan fingerprint density at radius 1 is 0.906 bits per heavy atom. The molecule has 32 heavy (non-hydrogen) atoms. The molecule has 0 saturated carbocycles. The van der Waals surface area contributed by atoms with Gasteiger partial charge in [-0.2, -0.15) is 0 Å². The van der Waals surface area contributed by atoms with Gasteiger partial charge in [-0.1, -0.05) is 30.3 Å². The molecule has 0 aliphatic rings. The van der Waals surface area contributed by atoms with Gasteiger partial charge in [0, 0.05) is 23.2 Å². The zero-order valence-electron chi connectivity index (χ0n) is 16.6. The molecule has 0 unspecified atom stereocenters. The van der Waals surface area contributed by atoms with Crippen LogP contribution in [0.15, 0.2) is 77.8 Å². The molecule has 9 heteroatoms. The average molecular weight is 458 g/mol. The van der Waals surface area contributed by atoms with Crippen LogP contribution in [0.25, 0.3) is 10.9 Å². The van der Waals surface area contributed by atoms with Crippen molar-refractivity contribution in [2.45, 2.75) is 17.2 Å². The van der Waals surface area contributed by atoms with E-state index >= 15 is 0 Å². The fourth-order valence-corrected chi connectivity index (χ4v) is 5.02. The first kappa shape index (κ1) is 21.6. The standard InChI is InChI=1S/C23H17F3N2O3S/c24-16-5-3-4-15(10-16)14-32(30,31)22-12-28(21-7-2-1-6-18(21)22)13-23(29)27-20-11-17(25)8-9-19(20)26/h1-12H,13-14H2,(H,27,29). The van der Waals surface area contributed by atoms with Crippen molar-refractivity contribution in [3.63, 3.8) is 0 Å². The molecule has 164 valence electrons. The largest absolute Gasteiger partial charge is 0.337 e. The maximum Gasteiger partial charge on any atom is 0.244 e. The highest BCUT2D eigenvalue weighted by Gasteiger charge is 2.23. The first-order valence-electron chi connectivity index (χ1n) is 9.53. The van der Waals surface area contributed by atoms with E-state index in [1.807, 2.05) is 0 Å². The van der Waals surface area contributed by atoms with E-state index in [0.29, 0.717) is 16.5 Å². The number of aromatic nitrogens is 1. The minimum atomic E-state index is -3.87. The number of carbonyl (C=O) groups excluding carboxylic acids is 1. The summed E-state index contributed by atoms with van der Waals surface area (Å²) < 4.78 is 68.2. The van der Waals surface area contributed by atoms with Gasteiger partial charge in [0.25, 0.3) is 0 Å². The van der Waals surface area contributed by atoms with E-state index in [4.69, 9.17) is 0 Å². The van der Waals surface area contributed by atoms with Gasteiger partial charge in [-0.25, -0.2) is 21.6 Å². The van der Waals surface area contributed by atoms with Crippen LogP contribution in [0.1, 0.15) is 5.56 Å². The van der Waals surface area contributed by atoms with Crippen LogP contribution < -0.4 is 5.32 Å². The lowest BCUT2D eigenvalue weighted by Gasteiger charge is -2.08. The molecule has 0 fully saturated rings. The van der Waals surface area contributed by atoms with Gasteiger partial charge in [0.15, 0.2) is 9.84 Å². The van der Waals surface area contributed by atoms with Gasteiger partial charge in [0.1, 0.15) is 24.0 Å². The van der Waals surface area contributed by atoms with Crippen LogP contribution in [0.3, 0.4) is 0 Å². The van der Waals surface area contributed by atoms with Gasteiger partial charge >= 0.3 is 0 Å². The highest BCUT2D eigenvalue weighted by Crippen LogP contribution is 2.28. The summed E-state index contributed by atoms with van der Waals surface area (Å²) in [7, 11) is -3.87. The van der Waals surface area contributed by atoms with E-state index in [-0.39, 0.29) is 17.1 Å². The molecule has 5 nitrogen and oxygen atoms in total. The Morgan fingerprint density at radius 3 is 2.44 bits per heavy atom. The summed E-state index contributed by atoms with van der Waals surface area (Å²) in [5.41, 5.74) is 0.451. The number of carbonyl (C=O) groups is 1. The predicted molar refractivity (Wildman–Crippen MR) is 114 cm³/mol. The average Bonchev–Trinajstić information content (AvgIpc) is 3.10. The number of fused-ring (bicyclic) bond motifs is 1. The lowest BCUT2D eigenvalue weighted by Crippen LogP contribution is -2.19. The Labute approximate surface area is 182 Å². The van der Waals surface area contributed by atoms with Crippen LogP contribution in [0.2, 0.25) is 0 Å². The number of rotatable bonds is 6. The zero-order valence-corrected chi connectivity index (χ0v) is 17.4. The second-order valence-electron chi connectivity index (χ2n) is 7.20. The van der Waals surface area contributed by atoms with Gasteiger partial charge < -0.3 is 9.88 Å². The third-order valence-electron chi connectivity index (χ3n) is 4.85. The molecule has 1 heterocycles. The van der Waals surface area contributed by atoms with E-state index in [2.05, 4.69) is 5.32 Å². The number of amides is 1. The number of nitrogens with zero attached hydrogens (tertiary/aromatic N) is 1. The van der Waals surface area contributed by atoms with Gasteiger partial charge in [0.2, 0.25) is 5.91 Å². The molecule has 1 N–H and O–H groups in total. The first-order valence-corrected chi connectivity index (χ1v) is 11.2. The van der Waals surface area contributed by atoms with Crippen LogP contribution in [0.5, 0.6) is 0 Å². The zero-order chi connectivity index (χ0) is 22.9. The third-order valence-corrected chi connectivity index (χ3v) is 6.56. The van der Waals surface area contributed by atoms with E-state index in [1.165, 1.54) is 29.0 Å². The Kier molecular flexibility index (Phi) is 5.75. The molecular weight excluding hydrogens is 441 g/mol. The smallest absolute Gasteiger partial charge is 0.244 e. The second kappa shape index (κ2) is 8.51. The van der Waals surface area contributed by atoms with E-state index < -0.39 is 38.9 Å². The summed E-state index contributed by atoms with van der Waals surface area (Å²) >= 11 is 0. The Bertz CT molecular complexity index is 1430. The monoisotopic (exact) mass is 458 g/mol. The molecule has 1 aromatic heterocycles. The quantitative estimate of drug-likeness (QED) is 0.457. The maximum absolute atomic E-state index is 13.8. The van der Waals surface area contributed by atoms with Crippen molar-refractivity contribution in [2.24, 2.45) is 0 Å². The van der Waals surface area contributed by atoms with Gasteiger partial charge in [-0.3, -0.25) is 4.79 Å². The van der Waals surface area contributed by atoms with Crippen LogP contribution in [0, 0.1) is 17.5 Å². The molecule has 4 aromatic rings. The van der Waals surface area contributed by atoms with Crippen LogP contribution >= 0.6 is 0 Å². The number of hydrogen-bond acceptors (Lipinski definition) is 3. The van der Waals surface area contributed by atoms with Crippen LogP contribution in [-0.4, -0.2) is 18.9 Å². The molecule has 0 saturated heterocycles. The normalized spacial score (nSPS) is 11.6. The summed E-state index contributed by atoms with van der Waals surface area (Å²) in [6.07, 6.45) is 1.32. The summed E-state index contributed by atoms with van der Waals surface area (Å²) in [6.45, 7) is -0.327. The van der Waals surface area contributed by atoms with Crippen molar-refractivity contribution < 1.29 is 26.4 Å². The van der Waals surface area contributed by atoms with Crippen molar-refractivity contribution in [1.82, 2.24) is 4.57 Å².